The average molecular weight is 131 g/mol. The highest BCUT2D eigenvalue weighted by atomic mass is 16.5. The Hall–Kier alpha value is -0.0800. The van der Waals surface area contributed by atoms with Gasteiger partial charge in [-0.15, -0.1) is 0 Å². The summed E-state index contributed by atoms with van der Waals surface area (Å²) in [7, 11) is 3.33. The third kappa shape index (κ3) is 4.43. The molecule has 0 saturated heterocycles. The Morgan fingerprint density at radius 3 is 2.33 bits per heavy atom. The van der Waals surface area contributed by atoms with E-state index in [-0.39, 0.29) is 5.60 Å². The molecule has 0 aliphatic carbocycles. The van der Waals surface area contributed by atoms with Crippen LogP contribution in [0.4, 0.5) is 0 Å². The molecule has 0 fully saturated rings. The molecule has 0 aromatic carbocycles. The Morgan fingerprint density at radius 1 is 1.44 bits per heavy atom. The maximum atomic E-state index is 5.12. The smallest absolute Gasteiger partial charge is 0.0860 e. The molecule has 0 aliphatic rings. The SMILES string of the molecule is [CH2]OC(C)(C)COCC. The lowest BCUT2D eigenvalue weighted by atomic mass is 10.1. The van der Waals surface area contributed by atoms with Gasteiger partial charge in [0, 0.05) is 6.61 Å². The molecule has 0 bridgehead atoms. The molecule has 9 heavy (non-hydrogen) atoms. The van der Waals surface area contributed by atoms with E-state index < -0.39 is 0 Å². The fourth-order valence-corrected chi connectivity index (χ4v) is 0.390. The van der Waals surface area contributed by atoms with E-state index in [1.807, 2.05) is 20.8 Å². The average Bonchev–Trinajstić information content (AvgIpc) is 1.84. The fraction of sp³-hybridized carbons (Fsp3) is 0.857. The topological polar surface area (TPSA) is 18.5 Å². The van der Waals surface area contributed by atoms with E-state index in [1.54, 1.807) is 0 Å². The van der Waals surface area contributed by atoms with Crippen molar-refractivity contribution in [2.75, 3.05) is 13.2 Å². The molecule has 55 valence electrons. The number of rotatable bonds is 4. The lowest BCUT2D eigenvalue weighted by Gasteiger charge is -2.21. The van der Waals surface area contributed by atoms with Gasteiger partial charge >= 0.3 is 0 Å². The lowest BCUT2D eigenvalue weighted by Crippen LogP contribution is -2.28. The largest absolute Gasteiger partial charge is 0.379 e. The second-order valence-electron chi connectivity index (χ2n) is 2.54. The molecule has 1 radical (unpaired) electrons. The minimum atomic E-state index is -0.240. The van der Waals surface area contributed by atoms with E-state index >= 15 is 0 Å². The first-order chi connectivity index (χ1) is 4.12. The second-order valence-corrected chi connectivity index (χ2v) is 2.54. The third-order valence-corrected chi connectivity index (χ3v) is 1.04. The third-order valence-electron chi connectivity index (χ3n) is 1.04. The predicted octanol–water partition coefficient (Wildman–Crippen LogP) is 1.61. The van der Waals surface area contributed by atoms with Gasteiger partial charge in [0.1, 0.15) is 0 Å². The minimum Gasteiger partial charge on any atom is -0.379 e. The molecule has 2 nitrogen and oxygen atoms in total. The molecule has 0 saturated carbocycles. The quantitative estimate of drug-likeness (QED) is 0.577. The van der Waals surface area contributed by atoms with Crippen molar-refractivity contribution in [3.8, 4) is 0 Å². The fourth-order valence-electron chi connectivity index (χ4n) is 0.390. The summed E-state index contributed by atoms with van der Waals surface area (Å²) >= 11 is 0. The molecule has 0 aromatic rings. The first kappa shape index (κ1) is 8.92. The van der Waals surface area contributed by atoms with Gasteiger partial charge in [-0.1, -0.05) is 0 Å². The maximum Gasteiger partial charge on any atom is 0.0860 e. The van der Waals surface area contributed by atoms with Gasteiger partial charge in [0.05, 0.1) is 19.3 Å². The van der Waals surface area contributed by atoms with Crippen LogP contribution >= 0.6 is 0 Å². The Bertz CT molecular complexity index is 69.3. The van der Waals surface area contributed by atoms with Gasteiger partial charge in [-0.25, -0.2) is 0 Å². The van der Waals surface area contributed by atoms with Gasteiger partial charge in [-0.05, 0) is 20.8 Å². The van der Waals surface area contributed by atoms with E-state index in [4.69, 9.17) is 9.47 Å². The standard InChI is InChI=1S/C7H15O2/c1-5-9-6-7(2,3)8-4/h4-6H2,1-3H3. The first-order valence-corrected chi connectivity index (χ1v) is 3.13. The first-order valence-electron chi connectivity index (χ1n) is 3.13. The van der Waals surface area contributed by atoms with E-state index in [9.17, 15) is 0 Å². The van der Waals surface area contributed by atoms with Crippen LogP contribution in [-0.4, -0.2) is 18.8 Å². The molecule has 0 amide bonds. The van der Waals surface area contributed by atoms with Crippen LogP contribution < -0.4 is 0 Å². The summed E-state index contributed by atoms with van der Waals surface area (Å²) in [5, 5.41) is 0. The Kier molecular flexibility index (Phi) is 3.82. The summed E-state index contributed by atoms with van der Waals surface area (Å²) in [4.78, 5) is 0. The zero-order valence-electron chi connectivity index (χ0n) is 6.44. The molecule has 0 rings (SSSR count). The van der Waals surface area contributed by atoms with Crippen LogP contribution in [0.25, 0.3) is 0 Å². The van der Waals surface area contributed by atoms with Crippen LogP contribution in [0, 0.1) is 7.11 Å². The Balaban J connectivity index is 3.33. The number of ether oxygens (including phenoxy) is 2. The highest BCUT2D eigenvalue weighted by Gasteiger charge is 2.15. The highest BCUT2D eigenvalue weighted by Crippen LogP contribution is 2.07. The summed E-state index contributed by atoms with van der Waals surface area (Å²) in [6.45, 7) is 7.17. The molecule has 0 aromatic heterocycles. The molecular formula is C7H15O2. The predicted molar refractivity (Wildman–Crippen MR) is 37.0 cm³/mol. The van der Waals surface area contributed by atoms with E-state index in [1.165, 1.54) is 0 Å². The second kappa shape index (κ2) is 3.85. The summed E-state index contributed by atoms with van der Waals surface area (Å²) in [5.74, 6) is 0. The minimum absolute atomic E-state index is 0.240. The number of hydrogen-bond acceptors (Lipinski definition) is 2. The van der Waals surface area contributed by atoms with Crippen molar-refractivity contribution in [1.29, 1.82) is 0 Å². The lowest BCUT2D eigenvalue weighted by molar-refractivity contribution is -0.0304. The molecule has 0 N–H and O–H groups in total. The molecule has 0 atom stereocenters. The van der Waals surface area contributed by atoms with E-state index in [2.05, 4.69) is 7.11 Å². The molecular weight excluding hydrogens is 116 g/mol. The monoisotopic (exact) mass is 131 g/mol. The van der Waals surface area contributed by atoms with Gasteiger partial charge in [0.25, 0.3) is 0 Å². The van der Waals surface area contributed by atoms with E-state index in [0.29, 0.717) is 6.61 Å². The van der Waals surface area contributed by atoms with Crippen LogP contribution in [-0.2, 0) is 9.47 Å². The van der Waals surface area contributed by atoms with Gasteiger partial charge in [0.2, 0.25) is 0 Å². The van der Waals surface area contributed by atoms with Crippen molar-refractivity contribution in [1.82, 2.24) is 0 Å². The van der Waals surface area contributed by atoms with E-state index in [0.717, 1.165) is 6.61 Å². The van der Waals surface area contributed by atoms with Crippen LogP contribution in [0.5, 0.6) is 0 Å². The molecule has 0 spiro atoms. The normalized spacial score (nSPS) is 12.0. The van der Waals surface area contributed by atoms with Gasteiger partial charge in [0.15, 0.2) is 0 Å². The van der Waals surface area contributed by atoms with Gasteiger partial charge in [-0.3, -0.25) is 0 Å². The number of hydrogen-bond donors (Lipinski definition) is 0. The molecule has 0 unspecified atom stereocenters. The van der Waals surface area contributed by atoms with Crippen molar-refractivity contribution in [3.05, 3.63) is 7.11 Å². The van der Waals surface area contributed by atoms with Crippen LogP contribution in [0.3, 0.4) is 0 Å². The maximum absolute atomic E-state index is 5.12. The van der Waals surface area contributed by atoms with Crippen molar-refractivity contribution in [2.45, 2.75) is 26.4 Å². The molecule has 0 aliphatic heterocycles. The molecule has 2 heteroatoms. The van der Waals surface area contributed by atoms with Gasteiger partial charge in [-0.2, -0.15) is 0 Å². The summed E-state index contributed by atoms with van der Waals surface area (Å²) in [5.41, 5.74) is -0.240. The van der Waals surface area contributed by atoms with Crippen molar-refractivity contribution in [2.24, 2.45) is 0 Å². The van der Waals surface area contributed by atoms with Crippen molar-refractivity contribution >= 4 is 0 Å². The van der Waals surface area contributed by atoms with Crippen LogP contribution in [0.15, 0.2) is 0 Å². The zero-order valence-corrected chi connectivity index (χ0v) is 6.44. The summed E-state index contributed by atoms with van der Waals surface area (Å²) in [6, 6.07) is 0. The summed E-state index contributed by atoms with van der Waals surface area (Å²) in [6.07, 6.45) is 0. The highest BCUT2D eigenvalue weighted by molar-refractivity contribution is 4.66. The Labute approximate surface area is 57.2 Å². The van der Waals surface area contributed by atoms with Gasteiger partial charge < -0.3 is 9.47 Å². The van der Waals surface area contributed by atoms with Crippen LogP contribution in [0.1, 0.15) is 20.8 Å². The zero-order chi connectivity index (χ0) is 7.33. The van der Waals surface area contributed by atoms with Crippen molar-refractivity contribution in [3.63, 3.8) is 0 Å². The Morgan fingerprint density at radius 2 is 2.00 bits per heavy atom. The van der Waals surface area contributed by atoms with Crippen LogP contribution in [0.2, 0.25) is 0 Å². The van der Waals surface area contributed by atoms with Crippen molar-refractivity contribution < 1.29 is 9.47 Å². The summed E-state index contributed by atoms with van der Waals surface area (Å²) < 4.78 is 9.99. The molecule has 0 heterocycles.